The monoisotopic (exact) mass is 592 g/mol. The van der Waals surface area contributed by atoms with Gasteiger partial charge in [0, 0.05) is 20.2 Å². The van der Waals surface area contributed by atoms with E-state index in [9.17, 15) is 4.79 Å². The number of benzene rings is 3. The van der Waals surface area contributed by atoms with Crippen molar-refractivity contribution in [3.63, 3.8) is 0 Å². The van der Waals surface area contributed by atoms with Gasteiger partial charge in [-0.3, -0.25) is 4.79 Å². The molecule has 1 aromatic heterocycles. The van der Waals surface area contributed by atoms with Gasteiger partial charge in [-0.2, -0.15) is 0 Å². The first kappa shape index (κ1) is 21.1. The molecule has 4 rings (SSSR count). The fourth-order valence-electron chi connectivity index (χ4n) is 2.93. The van der Waals surface area contributed by atoms with Crippen LogP contribution in [-0.4, -0.2) is 17.5 Å². The Bertz CT molecular complexity index is 1210. The third-order valence-electron chi connectivity index (χ3n) is 4.30. The molecule has 0 saturated heterocycles. The Balaban J connectivity index is 1.46. The minimum absolute atomic E-state index is 0.109. The van der Waals surface area contributed by atoms with Crippen molar-refractivity contribution in [2.75, 3.05) is 11.9 Å². The number of oxazole rings is 1. The van der Waals surface area contributed by atoms with Crippen molar-refractivity contribution in [3.8, 4) is 17.2 Å². The lowest BCUT2D eigenvalue weighted by Crippen LogP contribution is -2.20. The first-order chi connectivity index (χ1) is 14.4. The topological polar surface area (TPSA) is 64.4 Å². The standard InChI is InChI=1S/C22H15Br3N2O3/c1-12-8-15(24)9-17(25)21(12)29-11-20(28)26-16-6-7-19-18(10-16)27-22(30-19)13-2-4-14(23)5-3-13/h2-10H,11H2,1H3,(H,26,28). The molecule has 0 saturated carbocycles. The van der Waals surface area contributed by atoms with Gasteiger partial charge in [0.05, 0.1) is 4.47 Å². The maximum absolute atomic E-state index is 12.4. The van der Waals surface area contributed by atoms with Crippen LogP contribution in [0, 0.1) is 6.92 Å². The number of aromatic nitrogens is 1. The van der Waals surface area contributed by atoms with E-state index in [4.69, 9.17) is 9.15 Å². The van der Waals surface area contributed by atoms with Crippen molar-refractivity contribution in [2.45, 2.75) is 6.92 Å². The van der Waals surface area contributed by atoms with Crippen LogP contribution < -0.4 is 10.1 Å². The molecule has 30 heavy (non-hydrogen) atoms. The van der Waals surface area contributed by atoms with Crippen LogP contribution in [0.25, 0.3) is 22.6 Å². The quantitative estimate of drug-likeness (QED) is 0.267. The number of amides is 1. The zero-order chi connectivity index (χ0) is 21.3. The molecule has 0 aliphatic carbocycles. The predicted molar refractivity (Wildman–Crippen MR) is 128 cm³/mol. The lowest BCUT2D eigenvalue weighted by atomic mass is 10.2. The molecule has 3 aromatic carbocycles. The van der Waals surface area contributed by atoms with E-state index in [1.54, 1.807) is 18.2 Å². The number of fused-ring (bicyclic) bond motifs is 1. The summed E-state index contributed by atoms with van der Waals surface area (Å²) in [6.07, 6.45) is 0. The van der Waals surface area contributed by atoms with Crippen molar-refractivity contribution in [2.24, 2.45) is 0 Å². The van der Waals surface area contributed by atoms with Crippen LogP contribution in [0.2, 0.25) is 0 Å². The lowest BCUT2D eigenvalue weighted by Gasteiger charge is -2.12. The summed E-state index contributed by atoms with van der Waals surface area (Å²) in [5.74, 6) is 0.902. The van der Waals surface area contributed by atoms with Crippen LogP contribution in [-0.2, 0) is 4.79 Å². The minimum atomic E-state index is -0.264. The molecule has 1 amide bonds. The van der Waals surface area contributed by atoms with E-state index >= 15 is 0 Å². The SMILES string of the molecule is Cc1cc(Br)cc(Br)c1OCC(=O)Nc1ccc2oc(-c3ccc(Br)cc3)nc2c1. The van der Waals surface area contributed by atoms with Crippen LogP contribution in [0.5, 0.6) is 5.75 Å². The molecule has 0 unspecified atom stereocenters. The number of aryl methyl sites for hydroxylation is 1. The van der Waals surface area contributed by atoms with Gasteiger partial charge in [0.2, 0.25) is 5.89 Å². The van der Waals surface area contributed by atoms with Gasteiger partial charge in [0.15, 0.2) is 12.2 Å². The fourth-order valence-corrected chi connectivity index (χ4v) is 4.75. The van der Waals surface area contributed by atoms with E-state index in [1.165, 1.54) is 0 Å². The first-order valence-corrected chi connectivity index (χ1v) is 11.3. The minimum Gasteiger partial charge on any atom is -0.482 e. The van der Waals surface area contributed by atoms with Gasteiger partial charge in [-0.25, -0.2) is 4.98 Å². The van der Waals surface area contributed by atoms with Crippen molar-refractivity contribution in [3.05, 3.63) is 73.6 Å². The second kappa shape index (κ2) is 8.91. The number of carbonyl (C=O) groups excluding carboxylic acids is 1. The van der Waals surface area contributed by atoms with Gasteiger partial charge in [0.1, 0.15) is 11.3 Å². The molecule has 8 heteroatoms. The number of carbonyl (C=O) groups is 1. The van der Waals surface area contributed by atoms with Crippen molar-refractivity contribution < 1.29 is 13.9 Å². The van der Waals surface area contributed by atoms with Gasteiger partial charge < -0.3 is 14.5 Å². The summed E-state index contributed by atoms with van der Waals surface area (Å²) in [6, 6.07) is 16.9. The van der Waals surface area contributed by atoms with Gasteiger partial charge in [-0.05, 0) is 83.0 Å². The molecule has 0 aliphatic rings. The lowest BCUT2D eigenvalue weighted by molar-refractivity contribution is -0.118. The highest BCUT2D eigenvalue weighted by Gasteiger charge is 2.12. The number of rotatable bonds is 5. The highest BCUT2D eigenvalue weighted by Crippen LogP contribution is 2.32. The smallest absolute Gasteiger partial charge is 0.262 e. The molecular weight excluding hydrogens is 580 g/mol. The molecule has 1 heterocycles. The van der Waals surface area contributed by atoms with Crippen LogP contribution in [0.3, 0.4) is 0 Å². The number of anilines is 1. The summed E-state index contributed by atoms with van der Waals surface area (Å²) < 4.78 is 14.2. The second-order valence-electron chi connectivity index (χ2n) is 6.58. The Hall–Kier alpha value is -2.16. The Morgan fingerprint density at radius 1 is 1.03 bits per heavy atom. The zero-order valence-corrected chi connectivity index (χ0v) is 20.5. The van der Waals surface area contributed by atoms with E-state index in [2.05, 4.69) is 58.1 Å². The highest BCUT2D eigenvalue weighted by molar-refractivity contribution is 9.11. The third kappa shape index (κ3) is 4.77. The number of nitrogens with zero attached hydrogens (tertiary/aromatic N) is 1. The van der Waals surface area contributed by atoms with E-state index in [1.807, 2.05) is 43.3 Å². The van der Waals surface area contributed by atoms with E-state index in [0.29, 0.717) is 28.4 Å². The Morgan fingerprint density at radius 2 is 1.80 bits per heavy atom. The second-order valence-corrected chi connectivity index (χ2v) is 9.26. The summed E-state index contributed by atoms with van der Waals surface area (Å²) in [5.41, 5.74) is 3.74. The van der Waals surface area contributed by atoms with Crippen LogP contribution in [0.4, 0.5) is 5.69 Å². The Labute approximate surface area is 198 Å². The predicted octanol–water partition coefficient (Wildman–Crippen LogP) is 7.11. The molecule has 0 bridgehead atoms. The Kier molecular flexibility index (Phi) is 6.26. The molecule has 0 fully saturated rings. The largest absolute Gasteiger partial charge is 0.482 e. The van der Waals surface area contributed by atoms with Gasteiger partial charge in [-0.15, -0.1) is 0 Å². The number of ether oxygens (including phenoxy) is 1. The van der Waals surface area contributed by atoms with Crippen LogP contribution in [0.1, 0.15) is 5.56 Å². The van der Waals surface area contributed by atoms with Crippen LogP contribution >= 0.6 is 47.8 Å². The summed E-state index contributed by atoms with van der Waals surface area (Å²) in [7, 11) is 0. The first-order valence-electron chi connectivity index (χ1n) is 8.94. The van der Waals surface area contributed by atoms with E-state index in [0.717, 1.165) is 24.5 Å². The van der Waals surface area contributed by atoms with Gasteiger partial charge >= 0.3 is 0 Å². The number of hydrogen-bond acceptors (Lipinski definition) is 4. The van der Waals surface area contributed by atoms with Crippen molar-refractivity contribution in [1.29, 1.82) is 0 Å². The average Bonchev–Trinajstić information content (AvgIpc) is 3.11. The van der Waals surface area contributed by atoms with Gasteiger partial charge in [-0.1, -0.05) is 31.9 Å². The molecule has 4 aromatic rings. The van der Waals surface area contributed by atoms with Crippen LogP contribution in [0.15, 0.2) is 72.4 Å². The molecule has 1 N–H and O–H groups in total. The summed E-state index contributed by atoms with van der Waals surface area (Å²) >= 11 is 10.3. The Morgan fingerprint density at radius 3 is 2.53 bits per heavy atom. The molecular formula is C22H15Br3N2O3. The van der Waals surface area contributed by atoms with Gasteiger partial charge in [0.25, 0.3) is 5.91 Å². The number of halogens is 3. The van der Waals surface area contributed by atoms with E-state index in [-0.39, 0.29) is 12.5 Å². The third-order valence-corrected chi connectivity index (χ3v) is 5.88. The zero-order valence-electron chi connectivity index (χ0n) is 15.7. The summed E-state index contributed by atoms with van der Waals surface area (Å²) in [4.78, 5) is 16.9. The molecule has 0 atom stereocenters. The molecule has 152 valence electrons. The average molecular weight is 595 g/mol. The summed E-state index contributed by atoms with van der Waals surface area (Å²) in [5, 5.41) is 2.83. The van der Waals surface area contributed by atoms with Crippen molar-refractivity contribution >= 4 is 70.5 Å². The molecule has 0 aliphatic heterocycles. The molecule has 0 spiro atoms. The fraction of sp³-hybridized carbons (Fsp3) is 0.0909. The number of nitrogens with one attached hydrogen (secondary N) is 1. The highest BCUT2D eigenvalue weighted by atomic mass is 79.9. The molecule has 5 nitrogen and oxygen atoms in total. The molecule has 0 radical (unpaired) electrons. The summed E-state index contributed by atoms with van der Waals surface area (Å²) in [6.45, 7) is 1.81. The maximum atomic E-state index is 12.4. The van der Waals surface area contributed by atoms with Crippen molar-refractivity contribution in [1.82, 2.24) is 4.98 Å². The maximum Gasteiger partial charge on any atom is 0.262 e. The normalized spacial score (nSPS) is 10.9. The number of hydrogen-bond donors (Lipinski definition) is 1. The van der Waals surface area contributed by atoms with E-state index < -0.39 is 0 Å².